The first-order chi connectivity index (χ1) is 10.6. The first kappa shape index (κ1) is 15.3. The van der Waals surface area contributed by atoms with E-state index in [4.69, 9.17) is 18.9 Å². The molecule has 3 N–H and O–H groups in total. The van der Waals surface area contributed by atoms with Crippen LogP contribution in [0.15, 0.2) is 21.9 Å². The van der Waals surface area contributed by atoms with Crippen molar-refractivity contribution in [1.82, 2.24) is 9.55 Å². The first-order valence-corrected chi connectivity index (χ1v) is 6.74. The molecule has 2 fully saturated rings. The summed E-state index contributed by atoms with van der Waals surface area (Å²) in [5.74, 6) is 0. The van der Waals surface area contributed by atoms with Crippen molar-refractivity contribution in [3.63, 3.8) is 0 Å². The van der Waals surface area contributed by atoms with Crippen LogP contribution in [0.5, 0.6) is 0 Å². The summed E-state index contributed by atoms with van der Waals surface area (Å²) in [7, 11) is 0. The minimum absolute atomic E-state index is 0.348. The van der Waals surface area contributed by atoms with Crippen LogP contribution in [0.3, 0.4) is 0 Å². The number of H-pyrrole nitrogens is 1. The molecule has 2 aliphatic heterocycles. The summed E-state index contributed by atoms with van der Waals surface area (Å²) in [6, 6.07) is 1.14. The van der Waals surface area contributed by atoms with Crippen molar-refractivity contribution in [1.29, 1.82) is 0 Å². The highest BCUT2D eigenvalue weighted by Gasteiger charge is 2.47. The number of aromatic nitrogens is 2. The molecule has 0 aliphatic carbocycles. The van der Waals surface area contributed by atoms with Crippen molar-refractivity contribution in [2.75, 3.05) is 19.8 Å². The normalized spacial score (nSPS) is 32.6. The molecule has 0 saturated carbocycles. The minimum atomic E-state index is -1.19. The third kappa shape index (κ3) is 2.84. The molecule has 0 bridgehead atoms. The summed E-state index contributed by atoms with van der Waals surface area (Å²) in [5.41, 5.74) is -1.27. The monoisotopic (exact) mass is 316 g/mol. The van der Waals surface area contributed by atoms with E-state index in [-0.39, 0.29) is 0 Å². The largest absolute Gasteiger partial charge is 0.394 e. The summed E-state index contributed by atoms with van der Waals surface area (Å²) in [6.07, 6.45) is -2.95. The van der Waals surface area contributed by atoms with Crippen molar-refractivity contribution in [3.05, 3.63) is 33.1 Å². The minimum Gasteiger partial charge on any atom is -0.394 e. The van der Waals surface area contributed by atoms with Crippen LogP contribution >= 0.6 is 0 Å². The number of aromatic amines is 1. The lowest BCUT2D eigenvalue weighted by atomic mass is 10.1. The maximum Gasteiger partial charge on any atom is 0.330 e. The van der Waals surface area contributed by atoms with Gasteiger partial charge >= 0.3 is 5.69 Å². The van der Waals surface area contributed by atoms with Gasteiger partial charge in [0.1, 0.15) is 18.3 Å². The van der Waals surface area contributed by atoms with Gasteiger partial charge < -0.3 is 29.2 Å². The Balaban J connectivity index is 1.88. The van der Waals surface area contributed by atoms with Crippen LogP contribution in [0.2, 0.25) is 0 Å². The number of nitrogens with zero attached hydrogens (tertiary/aromatic N) is 1. The van der Waals surface area contributed by atoms with E-state index in [0.717, 1.165) is 10.6 Å². The van der Waals surface area contributed by atoms with Crippen LogP contribution in [-0.2, 0) is 18.9 Å². The highest BCUT2D eigenvalue weighted by molar-refractivity contribution is 4.94. The van der Waals surface area contributed by atoms with Crippen LogP contribution in [0, 0.1) is 0 Å². The fourth-order valence-electron chi connectivity index (χ4n) is 2.41. The zero-order chi connectivity index (χ0) is 15.7. The van der Waals surface area contributed by atoms with Crippen LogP contribution in [0.25, 0.3) is 0 Å². The fourth-order valence-corrected chi connectivity index (χ4v) is 2.41. The number of hydrogen-bond donors (Lipinski definition) is 3. The van der Waals surface area contributed by atoms with Crippen LogP contribution in [0.4, 0.5) is 0 Å². The van der Waals surface area contributed by atoms with E-state index in [1.807, 2.05) is 0 Å². The van der Waals surface area contributed by atoms with Gasteiger partial charge in [0.15, 0.2) is 6.23 Å². The first-order valence-electron chi connectivity index (χ1n) is 6.74. The number of nitrogens with one attached hydrogen (secondary N) is 1. The quantitative estimate of drug-likeness (QED) is 0.555. The van der Waals surface area contributed by atoms with Gasteiger partial charge in [-0.3, -0.25) is 14.3 Å². The zero-order valence-corrected chi connectivity index (χ0v) is 11.5. The maximum atomic E-state index is 11.9. The van der Waals surface area contributed by atoms with E-state index < -0.39 is 48.9 Å². The van der Waals surface area contributed by atoms with E-state index >= 15 is 0 Å². The number of rotatable bonds is 4. The third-order valence-corrected chi connectivity index (χ3v) is 3.48. The summed E-state index contributed by atoms with van der Waals surface area (Å²) in [6.45, 7) is -0.744. The maximum absolute atomic E-state index is 11.9. The van der Waals surface area contributed by atoms with E-state index in [0.29, 0.717) is 13.2 Å². The second-order valence-corrected chi connectivity index (χ2v) is 4.89. The van der Waals surface area contributed by atoms with Gasteiger partial charge in [-0.25, -0.2) is 4.79 Å². The van der Waals surface area contributed by atoms with Crippen molar-refractivity contribution in [3.8, 4) is 0 Å². The lowest BCUT2D eigenvalue weighted by Crippen LogP contribution is -2.41. The van der Waals surface area contributed by atoms with E-state index in [1.54, 1.807) is 0 Å². The Morgan fingerprint density at radius 3 is 2.73 bits per heavy atom. The highest BCUT2D eigenvalue weighted by atomic mass is 16.9. The van der Waals surface area contributed by atoms with Crippen molar-refractivity contribution < 1.29 is 29.2 Å². The Morgan fingerprint density at radius 2 is 2.09 bits per heavy atom. The molecule has 10 nitrogen and oxygen atoms in total. The molecule has 2 saturated heterocycles. The van der Waals surface area contributed by atoms with E-state index in [9.17, 15) is 19.8 Å². The van der Waals surface area contributed by atoms with Crippen molar-refractivity contribution in [2.24, 2.45) is 0 Å². The molecule has 0 spiro atoms. The predicted molar refractivity (Wildman–Crippen MR) is 68.9 cm³/mol. The van der Waals surface area contributed by atoms with Gasteiger partial charge in [0.05, 0.1) is 19.8 Å². The Bertz CT molecular complexity index is 622. The predicted octanol–water partition coefficient (Wildman–Crippen LogP) is -2.50. The zero-order valence-electron chi connectivity index (χ0n) is 11.5. The third-order valence-electron chi connectivity index (χ3n) is 3.48. The Hall–Kier alpha value is -1.56. The second-order valence-electron chi connectivity index (χ2n) is 4.89. The van der Waals surface area contributed by atoms with Gasteiger partial charge in [0.2, 0.25) is 0 Å². The van der Waals surface area contributed by atoms with Crippen molar-refractivity contribution in [2.45, 2.75) is 31.0 Å². The van der Waals surface area contributed by atoms with E-state index in [2.05, 4.69) is 4.98 Å². The molecule has 4 atom stereocenters. The van der Waals surface area contributed by atoms with Crippen LogP contribution in [0.1, 0.15) is 6.23 Å². The van der Waals surface area contributed by atoms with Gasteiger partial charge in [-0.15, -0.1) is 0 Å². The number of aliphatic hydroxyl groups is 2. The Labute approximate surface area is 123 Å². The Kier molecular flexibility index (Phi) is 4.38. The molecule has 0 unspecified atom stereocenters. The summed E-state index contributed by atoms with van der Waals surface area (Å²) >= 11 is 0. The molecule has 10 heteroatoms. The van der Waals surface area contributed by atoms with Gasteiger partial charge in [-0.2, -0.15) is 0 Å². The molecule has 0 radical (unpaired) electrons. The van der Waals surface area contributed by atoms with Crippen LogP contribution in [-0.4, -0.2) is 64.4 Å². The highest BCUT2D eigenvalue weighted by Crippen LogP contribution is 2.32. The molecule has 1 aromatic heterocycles. The molecular weight excluding hydrogens is 300 g/mol. The standard InChI is InChI=1S/C12H16N2O8/c15-5-6-8(17)9(22-12-19-3-4-20-12)10(21-6)14-2-1-7(16)13-11(14)18/h1-2,6,8-10,12,15,17H,3-5H2,(H,13,16,18)/t6-,8-,9-,10-/m1/s1. The van der Waals surface area contributed by atoms with E-state index in [1.165, 1.54) is 6.20 Å². The summed E-state index contributed by atoms with van der Waals surface area (Å²) in [5, 5.41) is 19.4. The molecular formula is C12H16N2O8. The van der Waals surface area contributed by atoms with Gasteiger partial charge in [0.25, 0.3) is 12.0 Å². The molecule has 3 heterocycles. The van der Waals surface area contributed by atoms with Crippen LogP contribution < -0.4 is 11.2 Å². The molecule has 1 aromatic rings. The van der Waals surface area contributed by atoms with Gasteiger partial charge in [0, 0.05) is 12.3 Å². The van der Waals surface area contributed by atoms with Gasteiger partial charge in [-0.05, 0) is 0 Å². The van der Waals surface area contributed by atoms with Crippen molar-refractivity contribution >= 4 is 0 Å². The lowest BCUT2D eigenvalue weighted by molar-refractivity contribution is -0.271. The molecule has 0 aromatic carbocycles. The molecule has 3 rings (SSSR count). The summed E-state index contributed by atoms with van der Waals surface area (Å²) < 4.78 is 22.3. The lowest BCUT2D eigenvalue weighted by Gasteiger charge is -2.24. The Morgan fingerprint density at radius 1 is 1.36 bits per heavy atom. The SMILES string of the molecule is O=c1ccn([C@@H]2O[C@H](CO)[C@@H](O)[C@H]2OC2OCCO2)c(=O)[nH]1. The molecule has 2 aliphatic rings. The fraction of sp³-hybridized carbons (Fsp3) is 0.667. The molecule has 122 valence electrons. The number of aliphatic hydroxyl groups excluding tert-OH is 2. The molecule has 22 heavy (non-hydrogen) atoms. The summed E-state index contributed by atoms with van der Waals surface area (Å²) in [4.78, 5) is 25.1. The van der Waals surface area contributed by atoms with Gasteiger partial charge in [-0.1, -0.05) is 0 Å². The average molecular weight is 316 g/mol. The number of ether oxygens (including phenoxy) is 4. The topological polar surface area (TPSA) is 132 Å². The molecule has 0 amide bonds. The smallest absolute Gasteiger partial charge is 0.330 e. The average Bonchev–Trinajstić information content (AvgIpc) is 3.10. The second kappa shape index (κ2) is 6.28. The number of hydrogen-bond acceptors (Lipinski definition) is 8.